The van der Waals surface area contributed by atoms with Crippen molar-refractivity contribution in [3.8, 4) is 5.75 Å². The molecule has 0 aliphatic carbocycles. The van der Waals surface area contributed by atoms with E-state index in [0.29, 0.717) is 72.9 Å². The van der Waals surface area contributed by atoms with Crippen LogP contribution in [0.2, 0.25) is 5.02 Å². The van der Waals surface area contributed by atoms with E-state index in [2.05, 4.69) is 25.2 Å². The zero-order valence-electron chi connectivity index (χ0n) is 18.2. The molecule has 1 fully saturated rings. The minimum atomic E-state index is -0.615. The third-order valence-corrected chi connectivity index (χ3v) is 6.51. The van der Waals surface area contributed by atoms with Gasteiger partial charge in [-0.15, -0.1) is 0 Å². The second-order valence-electron chi connectivity index (χ2n) is 8.35. The number of benzene rings is 1. The lowest BCUT2D eigenvalue weighted by atomic mass is 10.0. The van der Waals surface area contributed by atoms with Gasteiger partial charge in [0.25, 0.3) is 0 Å². The maximum absolute atomic E-state index is 12.7. The first-order valence-electron chi connectivity index (χ1n) is 11.2. The number of nitrogens with one attached hydrogen (secondary N) is 1. The summed E-state index contributed by atoms with van der Waals surface area (Å²) in [5.41, 5.74) is 1.35. The Labute approximate surface area is 196 Å². The number of halogens is 1. The van der Waals surface area contributed by atoms with Gasteiger partial charge in [0.05, 0.1) is 22.9 Å². The molecule has 172 valence electrons. The van der Waals surface area contributed by atoms with E-state index >= 15 is 0 Å². The van der Waals surface area contributed by atoms with Crippen molar-refractivity contribution in [3.63, 3.8) is 0 Å². The second kappa shape index (κ2) is 9.35. The number of aromatic nitrogens is 2. The number of amides is 2. The van der Waals surface area contributed by atoms with E-state index in [1.807, 2.05) is 11.0 Å². The molecule has 9 nitrogen and oxygen atoms in total. The third-order valence-electron chi connectivity index (χ3n) is 6.21. The Morgan fingerprint density at radius 3 is 2.67 bits per heavy atom. The third kappa shape index (κ3) is 4.50. The summed E-state index contributed by atoms with van der Waals surface area (Å²) in [6, 6.07) is 5.32. The SMILES string of the molecule is O=C1Nc2ncnc3c2C1C=Nc1ccc(c(Cl)c1)OCCCCCC(=O)N1CCN3CC1. The summed E-state index contributed by atoms with van der Waals surface area (Å²) < 4.78 is 5.80. The molecule has 6 aliphatic rings. The van der Waals surface area contributed by atoms with E-state index in [9.17, 15) is 9.59 Å². The van der Waals surface area contributed by atoms with Crippen LogP contribution in [0.5, 0.6) is 5.75 Å². The number of carbonyl (C=O) groups is 2. The molecule has 10 heteroatoms. The van der Waals surface area contributed by atoms with Crippen LogP contribution in [0.15, 0.2) is 29.5 Å². The average molecular weight is 469 g/mol. The summed E-state index contributed by atoms with van der Waals surface area (Å²) >= 11 is 6.38. The number of hydrogen-bond donors (Lipinski definition) is 1. The number of anilines is 2. The van der Waals surface area contributed by atoms with Gasteiger partial charge in [0.2, 0.25) is 11.8 Å². The fourth-order valence-corrected chi connectivity index (χ4v) is 4.63. The highest BCUT2D eigenvalue weighted by atomic mass is 35.5. The molecular weight excluding hydrogens is 444 g/mol. The highest BCUT2D eigenvalue weighted by Gasteiger charge is 2.36. The highest BCUT2D eigenvalue weighted by molar-refractivity contribution is 6.32. The fourth-order valence-electron chi connectivity index (χ4n) is 4.40. The molecule has 8 rings (SSSR count). The molecule has 1 atom stereocenters. The first kappa shape index (κ1) is 21.6. The Hall–Kier alpha value is -3.20. The number of nitrogens with zero attached hydrogens (tertiary/aromatic N) is 5. The van der Waals surface area contributed by atoms with Crippen LogP contribution >= 0.6 is 11.6 Å². The van der Waals surface area contributed by atoms with E-state index < -0.39 is 5.92 Å². The first-order valence-corrected chi connectivity index (χ1v) is 11.6. The number of rotatable bonds is 0. The summed E-state index contributed by atoms with van der Waals surface area (Å²) in [4.78, 5) is 42.7. The Bertz CT molecular complexity index is 1100. The Morgan fingerprint density at radius 2 is 1.85 bits per heavy atom. The van der Waals surface area contributed by atoms with Gasteiger partial charge in [-0.3, -0.25) is 14.6 Å². The van der Waals surface area contributed by atoms with E-state index in [4.69, 9.17) is 16.3 Å². The molecular formula is C23H25ClN6O3. The van der Waals surface area contributed by atoms with Gasteiger partial charge in [0, 0.05) is 38.8 Å². The lowest BCUT2D eigenvalue weighted by Crippen LogP contribution is -2.49. The van der Waals surface area contributed by atoms with Gasteiger partial charge in [-0.1, -0.05) is 11.6 Å². The van der Waals surface area contributed by atoms with Crippen LogP contribution in [0.4, 0.5) is 17.3 Å². The summed E-state index contributed by atoms with van der Waals surface area (Å²) in [5, 5.41) is 3.30. The second-order valence-corrected chi connectivity index (χ2v) is 8.75. The molecule has 2 amide bonds. The van der Waals surface area contributed by atoms with Crippen molar-refractivity contribution < 1.29 is 14.3 Å². The number of piperazine rings is 1. The van der Waals surface area contributed by atoms with Gasteiger partial charge < -0.3 is 19.9 Å². The Morgan fingerprint density at radius 1 is 1.03 bits per heavy atom. The lowest BCUT2D eigenvalue weighted by Gasteiger charge is -2.36. The van der Waals surface area contributed by atoms with Crippen molar-refractivity contribution in [2.45, 2.75) is 31.6 Å². The smallest absolute Gasteiger partial charge is 0.238 e. The van der Waals surface area contributed by atoms with E-state index in [0.717, 1.165) is 19.3 Å². The van der Waals surface area contributed by atoms with Gasteiger partial charge >= 0.3 is 0 Å². The van der Waals surface area contributed by atoms with Crippen molar-refractivity contribution >= 4 is 47.0 Å². The molecule has 1 unspecified atom stereocenters. The van der Waals surface area contributed by atoms with E-state index in [1.54, 1.807) is 18.3 Å². The Balaban J connectivity index is 1.48. The molecule has 1 aromatic heterocycles. The summed E-state index contributed by atoms with van der Waals surface area (Å²) in [6.07, 6.45) is 6.21. The average Bonchev–Trinajstić information content (AvgIpc) is 3.15. The van der Waals surface area contributed by atoms with Crippen molar-refractivity contribution in [2.24, 2.45) is 4.99 Å². The van der Waals surface area contributed by atoms with Crippen LogP contribution < -0.4 is 15.0 Å². The molecule has 1 N–H and O–H groups in total. The van der Waals surface area contributed by atoms with Crippen molar-refractivity contribution in [3.05, 3.63) is 35.1 Å². The molecule has 1 saturated heterocycles. The summed E-state index contributed by atoms with van der Waals surface area (Å²) in [7, 11) is 0. The number of hydrogen-bond acceptors (Lipinski definition) is 7. The monoisotopic (exact) mass is 468 g/mol. The standard InChI is InChI=1S/C23H25ClN6O3/c24-17-12-15-5-6-18(17)33-11-3-1-2-4-19(31)29-7-9-30(10-8-29)22-20-16(13-25-15)23(32)28-21(20)26-14-27-22/h5-6,12-14,16H,1-4,7-11H2,(H,26,27,28,32). The minimum Gasteiger partial charge on any atom is -0.492 e. The zero-order valence-corrected chi connectivity index (χ0v) is 18.9. The molecule has 33 heavy (non-hydrogen) atoms. The molecule has 7 heterocycles. The van der Waals surface area contributed by atoms with Crippen LogP contribution in [0, 0.1) is 0 Å². The van der Waals surface area contributed by atoms with Gasteiger partial charge in [-0.05, 0) is 37.5 Å². The summed E-state index contributed by atoms with van der Waals surface area (Å²) in [6.45, 7) is 3.10. The molecule has 2 aromatic rings. The molecule has 4 bridgehead atoms. The zero-order chi connectivity index (χ0) is 22.8. The number of aliphatic imine (C=N–C) groups is 1. The minimum absolute atomic E-state index is 0.179. The lowest BCUT2D eigenvalue weighted by molar-refractivity contribution is -0.131. The first-order chi connectivity index (χ1) is 16.1. The molecule has 0 spiro atoms. The van der Waals surface area contributed by atoms with Crippen LogP contribution in [-0.4, -0.2) is 65.7 Å². The fraction of sp³-hybridized carbons (Fsp3) is 0.435. The summed E-state index contributed by atoms with van der Waals surface area (Å²) in [5.74, 6) is 1.17. The van der Waals surface area contributed by atoms with E-state index in [1.165, 1.54) is 6.33 Å². The topological polar surface area (TPSA) is 100 Å². The van der Waals surface area contributed by atoms with Crippen LogP contribution in [0.25, 0.3) is 0 Å². The van der Waals surface area contributed by atoms with Crippen LogP contribution in [0.3, 0.4) is 0 Å². The van der Waals surface area contributed by atoms with Crippen molar-refractivity contribution in [1.82, 2.24) is 14.9 Å². The van der Waals surface area contributed by atoms with E-state index in [-0.39, 0.29) is 11.8 Å². The van der Waals surface area contributed by atoms with Gasteiger partial charge in [-0.25, -0.2) is 9.97 Å². The molecule has 0 radical (unpaired) electrons. The van der Waals surface area contributed by atoms with Gasteiger partial charge in [-0.2, -0.15) is 0 Å². The van der Waals surface area contributed by atoms with Gasteiger partial charge in [0.15, 0.2) is 0 Å². The Kier molecular flexibility index (Phi) is 6.13. The molecule has 6 aliphatic heterocycles. The number of carbonyl (C=O) groups excluding carboxylic acids is 2. The maximum Gasteiger partial charge on any atom is 0.238 e. The van der Waals surface area contributed by atoms with Gasteiger partial charge in [0.1, 0.15) is 29.6 Å². The highest BCUT2D eigenvalue weighted by Crippen LogP contribution is 2.37. The van der Waals surface area contributed by atoms with Crippen LogP contribution in [-0.2, 0) is 9.59 Å². The van der Waals surface area contributed by atoms with Crippen molar-refractivity contribution in [2.75, 3.05) is 43.0 Å². The molecule has 0 saturated carbocycles. The normalized spacial score (nSPS) is 21.1. The predicted octanol–water partition coefficient (Wildman–Crippen LogP) is 3.17. The predicted molar refractivity (Wildman–Crippen MR) is 126 cm³/mol. The molecule has 1 aromatic carbocycles. The quantitative estimate of drug-likeness (QED) is 0.637. The largest absolute Gasteiger partial charge is 0.492 e. The van der Waals surface area contributed by atoms with Crippen LogP contribution in [0.1, 0.15) is 37.2 Å². The number of ether oxygens (including phenoxy) is 1. The van der Waals surface area contributed by atoms with Crippen molar-refractivity contribution in [1.29, 1.82) is 0 Å². The maximum atomic E-state index is 12.7.